The van der Waals surface area contributed by atoms with Gasteiger partial charge in [0.05, 0.1) is 0 Å². The third-order valence-electron chi connectivity index (χ3n) is 2.85. The predicted octanol–water partition coefficient (Wildman–Crippen LogP) is 1.51. The molecule has 0 aliphatic carbocycles. The highest BCUT2D eigenvalue weighted by Crippen LogP contribution is 2.25. The number of nitrogens with zero attached hydrogens (tertiary/aromatic N) is 3. The van der Waals surface area contributed by atoms with Crippen LogP contribution < -0.4 is 10.2 Å². The van der Waals surface area contributed by atoms with E-state index in [-0.39, 0.29) is 6.03 Å². The van der Waals surface area contributed by atoms with E-state index < -0.39 is 6.23 Å². The maximum atomic E-state index is 11.7. The summed E-state index contributed by atoms with van der Waals surface area (Å²) in [5.41, 5.74) is 0. The number of carbonyl (C=O) groups is 1. The second-order valence-corrected chi connectivity index (χ2v) is 5.35. The van der Waals surface area contributed by atoms with Crippen molar-refractivity contribution in [2.24, 2.45) is 0 Å². The number of anilines is 1. The summed E-state index contributed by atoms with van der Waals surface area (Å²) in [5, 5.41) is 22.0. The molecule has 0 bridgehead atoms. The van der Waals surface area contributed by atoms with Crippen molar-refractivity contribution in [2.75, 3.05) is 11.4 Å². The molecule has 1 aliphatic heterocycles. The highest BCUT2D eigenvalue weighted by molar-refractivity contribution is 7.15. The summed E-state index contributed by atoms with van der Waals surface area (Å²) in [4.78, 5) is 13.0. The summed E-state index contributed by atoms with van der Waals surface area (Å²) < 4.78 is 0. The lowest BCUT2D eigenvalue weighted by atomic mass is 10.2. The van der Waals surface area contributed by atoms with Crippen molar-refractivity contribution < 1.29 is 9.90 Å². The molecule has 18 heavy (non-hydrogen) atoms. The number of aliphatic hydroxyl groups excluding tert-OH is 1. The average molecular weight is 270 g/mol. The lowest BCUT2D eigenvalue weighted by Gasteiger charge is -2.29. The van der Waals surface area contributed by atoms with Gasteiger partial charge in [-0.05, 0) is 6.42 Å². The van der Waals surface area contributed by atoms with Gasteiger partial charge in [-0.1, -0.05) is 31.1 Å². The number of aliphatic hydroxyl groups is 1. The van der Waals surface area contributed by atoms with E-state index in [1.807, 2.05) is 0 Å². The Balaban J connectivity index is 2.01. The third-order valence-corrected chi connectivity index (χ3v) is 3.83. The molecule has 1 aromatic heterocycles. The number of hydrogen-bond donors (Lipinski definition) is 2. The summed E-state index contributed by atoms with van der Waals surface area (Å²) in [6, 6.07) is -0.301. The van der Waals surface area contributed by atoms with Crippen LogP contribution in [0.5, 0.6) is 0 Å². The van der Waals surface area contributed by atoms with Gasteiger partial charge < -0.3 is 10.4 Å². The van der Waals surface area contributed by atoms with Crippen molar-refractivity contribution >= 4 is 22.5 Å². The van der Waals surface area contributed by atoms with Gasteiger partial charge in [0.2, 0.25) is 5.13 Å². The summed E-state index contributed by atoms with van der Waals surface area (Å²) >= 11 is 1.38. The van der Waals surface area contributed by atoms with Crippen LogP contribution in [0, 0.1) is 0 Å². The molecule has 1 unspecified atom stereocenters. The van der Waals surface area contributed by atoms with E-state index in [2.05, 4.69) is 22.4 Å². The van der Waals surface area contributed by atoms with E-state index in [1.165, 1.54) is 29.1 Å². The van der Waals surface area contributed by atoms with Crippen LogP contribution in [0.3, 0.4) is 0 Å². The number of unbranched alkanes of at least 4 members (excludes halogenated alkanes) is 2. The van der Waals surface area contributed by atoms with Gasteiger partial charge >= 0.3 is 6.03 Å². The number of aromatic nitrogens is 2. The topological polar surface area (TPSA) is 78.4 Å². The van der Waals surface area contributed by atoms with Gasteiger partial charge in [-0.25, -0.2) is 9.69 Å². The second-order valence-electron chi connectivity index (χ2n) is 4.31. The molecule has 1 aromatic rings. The van der Waals surface area contributed by atoms with E-state index in [4.69, 9.17) is 0 Å². The van der Waals surface area contributed by atoms with Crippen LogP contribution >= 0.6 is 11.3 Å². The molecule has 7 heteroatoms. The normalized spacial score (nSPS) is 20.0. The van der Waals surface area contributed by atoms with E-state index in [0.29, 0.717) is 18.1 Å². The standard InChI is InChI=1S/C11H18N4O2S/c1-2-3-4-5-8-13-14-11(18-8)15-9(16)6-7-12-10(15)17/h9,16H,2-7H2,1H3,(H,12,17). The lowest BCUT2D eigenvalue weighted by molar-refractivity contribution is 0.145. The zero-order valence-corrected chi connectivity index (χ0v) is 11.2. The molecule has 0 spiro atoms. The Kier molecular flexibility index (Phi) is 4.48. The van der Waals surface area contributed by atoms with Crippen LogP contribution in [0.4, 0.5) is 9.93 Å². The average Bonchev–Trinajstić information content (AvgIpc) is 2.78. The molecule has 0 saturated carbocycles. The van der Waals surface area contributed by atoms with Crippen LogP contribution in [0.15, 0.2) is 0 Å². The van der Waals surface area contributed by atoms with Crippen LogP contribution in [0.25, 0.3) is 0 Å². The van der Waals surface area contributed by atoms with Gasteiger partial charge in [0.15, 0.2) is 0 Å². The Morgan fingerprint density at radius 2 is 2.33 bits per heavy atom. The quantitative estimate of drug-likeness (QED) is 0.795. The molecular weight excluding hydrogens is 252 g/mol. The Bertz CT molecular complexity index is 410. The zero-order chi connectivity index (χ0) is 13.0. The van der Waals surface area contributed by atoms with Crippen molar-refractivity contribution in [1.82, 2.24) is 15.5 Å². The van der Waals surface area contributed by atoms with Crippen LogP contribution in [0.2, 0.25) is 0 Å². The van der Waals surface area contributed by atoms with Crippen molar-refractivity contribution in [3.63, 3.8) is 0 Å². The van der Waals surface area contributed by atoms with Crippen LogP contribution in [-0.2, 0) is 6.42 Å². The van der Waals surface area contributed by atoms with Crippen LogP contribution in [-0.4, -0.2) is 34.1 Å². The highest BCUT2D eigenvalue weighted by Gasteiger charge is 2.30. The van der Waals surface area contributed by atoms with Crippen molar-refractivity contribution in [3.05, 3.63) is 5.01 Å². The number of aryl methyl sites for hydroxylation is 1. The maximum Gasteiger partial charge on any atom is 0.325 e. The number of carbonyl (C=O) groups excluding carboxylic acids is 1. The monoisotopic (exact) mass is 270 g/mol. The largest absolute Gasteiger partial charge is 0.373 e. The Morgan fingerprint density at radius 1 is 1.50 bits per heavy atom. The number of hydrogen-bond acceptors (Lipinski definition) is 5. The van der Waals surface area contributed by atoms with E-state index in [9.17, 15) is 9.90 Å². The van der Waals surface area contributed by atoms with E-state index in [1.54, 1.807) is 0 Å². The van der Waals surface area contributed by atoms with Crippen molar-refractivity contribution in [1.29, 1.82) is 0 Å². The van der Waals surface area contributed by atoms with Gasteiger partial charge in [0.25, 0.3) is 0 Å². The molecule has 2 rings (SSSR count). The molecule has 6 nitrogen and oxygen atoms in total. The molecule has 2 amide bonds. The van der Waals surface area contributed by atoms with E-state index >= 15 is 0 Å². The molecule has 1 fully saturated rings. The van der Waals surface area contributed by atoms with Gasteiger partial charge in [-0.15, -0.1) is 10.2 Å². The maximum absolute atomic E-state index is 11.7. The first kappa shape index (κ1) is 13.2. The Morgan fingerprint density at radius 3 is 3.06 bits per heavy atom. The summed E-state index contributed by atoms with van der Waals surface area (Å²) in [5.74, 6) is 0. The molecule has 2 N–H and O–H groups in total. The molecule has 0 aromatic carbocycles. The van der Waals surface area contributed by atoms with E-state index in [0.717, 1.165) is 17.8 Å². The van der Waals surface area contributed by atoms with Gasteiger partial charge in [0, 0.05) is 19.4 Å². The minimum atomic E-state index is -0.796. The second kappa shape index (κ2) is 6.10. The van der Waals surface area contributed by atoms with Gasteiger partial charge in [-0.3, -0.25) is 0 Å². The lowest BCUT2D eigenvalue weighted by Crippen LogP contribution is -2.52. The SMILES string of the molecule is CCCCCc1nnc(N2C(=O)NCCC2O)s1. The zero-order valence-electron chi connectivity index (χ0n) is 10.4. The number of nitrogens with one attached hydrogen (secondary N) is 1. The Labute approximate surface area is 110 Å². The first-order valence-corrected chi connectivity index (χ1v) is 7.11. The first-order chi connectivity index (χ1) is 8.72. The number of amides is 2. The minimum absolute atomic E-state index is 0.301. The molecule has 0 radical (unpaired) electrons. The smallest absolute Gasteiger partial charge is 0.325 e. The number of rotatable bonds is 5. The molecule has 1 atom stereocenters. The first-order valence-electron chi connectivity index (χ1n) is 6.30. The van der Waals surface area contributed by atoms with Gasteiger partial charge in [-0.2, -0.15) is 0 Å². The molecule has 1 saturated heterocycles. The minimum Gasteiger partial charge on any atom is -0.373 e. The summed E-state index contributed by atoms with van der Waals surface area (Å²) in [7, 11) is 0. The fourth-order valence-corrected chi connectivity index (χ4v) is 2.76. The Hall–Kier alpha value is -1.21. The van der Waals surface area contributed by atoms with Crippen LogP contribution in [0.1, 0.15) is 37.6 Å². The predicted molar refractivity (Wildman–Crippen MR) is 69.6 cm³/mol. The van der Waals surface area contributed by atoms with Crippen molar-refractivity contribution in [3.8, 4) is 0 Å². The molecule has 1 aliphatic rings. The third kappa shape index (κ3) is 2.97. The fourth-order valence-electron chi connectivity index (χ4n) is 1.84. The molecule has 100 valence electrons. The van der Waals surface area contributed by atoms with Gasteiger partial charge in [0.1, 0.15) is 11.2 Å². The number of urea groups is 1. The summed E-state index contributed by atoms with van der Waals surface area (Å²) in [6.07, 6.45) is 4.02. The molecular formula is C11H18N4O2S. The van der Waals surface area contributed by atoms with Crippen molar-refractivity contribution in [2.45, 2.75) is 45.3 Å². The fraction of sp³-hybridized carbons (Fsp3) is 0.727. The summed E-state index contributed by atoms with van der Waals surface area (Å²) in [6.45, 7) is 2.65. The highest BCUT2D eigenvalue weighted by atomic mass is 32.1. The molecule has 2 heterocycles.